The standard InChI is InChI=1S/C22H26O12/c1-10(23)16-7-6-15(28)8-17(16)33-22-21(32-14(5)27)20(31-13(4)26)19(30-12(3)25)18(34-22)9-29-11(2)24/h6-8,18-22,28H,9H2,1-5H3/t18-,19-,20+,21-,22-/m1/s1. The van der Waals surface area contributed by atoms with E-state index in [-0.39, 0.29) is 17.1 Å². The molecule has 1 aromatic carbocycles. The Bertz CT molecular complexity index is 955. The second kappa shape index (κ2) is 11.5. The quantitative estimate of drug-likeness (QED) is 0.319. The smallest absolute Gasteiger partial charge is 0.303 e. The van der Waals surface area contributed by atoms with Crippen molar-refractivity contribution in [3.63, 3.8) is 0 Å². The highest BCUT2D eigenvalue weighted by Gasteiger charge is 2.53. The number of ketones is 1. The van der Waals surface area contributed by atoms with Crippen LogP contribution in [0.15, 0.2) is 18.2 Å². The fourth-order valence-corrected chi connectivity index (χ4v) is 3.31. The summed E-state index contributed by atoms with van der Waals surface area (Å²) in [7, 11) is 0. The van der Waals surface area contributed by atoms with Gasteiger partial charge in [0, 0.05) is 33.8 Å². The van der Waals surface area contributed by atoms with Crippen molar-refractivity contribution in [2.45, 2.75) is 65.3 Å². The molecule has 5 atom stereocenters. The van der Waals surface area contributed by atoms with Crippen LogP contribution in [0.25, 0.3) is 0 Å². The number of rotatable bonds is 8. The van der Waals surface area contributed by atoms with Gasteiger partial charge in [0.1, 0.15) is 24.2 Å². The lowest BCUT2D eigenvalue weighted by Crippen LogP contribution is -2.63. The molecule has 0 unspecified atom stereocenters. The van der Waals surface area contributed by atoms with Crippen molar-refractivity contribution in [1.29, 1.82) is 0 Å². The number of Topliss-reactive ketones (excluding diaryl/α,β-unsaturated/α-hetero) is 1. The van der Waals surface area contributed by atoms with Gasteiger partial charge in [0.25, 0.3) is 0 Å². The largest absolute Gasteiger partial charge is 0.508 e. The van der Waals surface area contributed by atoms with Crippen LogP contribution in [-0.2, 0) is 42.9 Å². The van der Waals surface area contributed by atoms with Crippen LogP contribution in [0.1, 0.15) is 45.0 Å². The van der Waals surface area contributed by atoms with Crippen molar-refractivity contribution in [2.75, 3.05) is 6.61 Å². The number of benzene rings is 1. The minimum atomic E-state index is -1.53. The van der Waals surface area contributed by atoms with E-state index in [4.69, 9.17) is 28.4 Å². The Labute approximate surface area is 195 Å². The third kappa shape index (κ3) is 7.17. The molecule has 0 saturated carbocycles. The summed E-state index contributed by atoms with van der Waals surface area (Å²) in [6, 6.07) is 3.74. The maximum atomic E-state index is 12.0. The predicted molar refractivity (Wildman–Crippen MR) is 111 cm³/mol. The molecule has 0 amide bonds. The lowest BCUT2D eigenvalue weighted by Gasteiger charge is -2.44. The summed E-state index contributed by atoms with van der Waals surface area (Å²) < 4.78 is 32.5. The summed E-state index contributed by atoms with van der Waals surface area (Å²) in [6.45, 7) is 5.26. The van der Waals surface area contributed by atoms with Crippen LogP contribution < -0.4 is 4.74 Å². The summed E-state index contributed by atoms with van der Waals surface area (Å²) in [4.78, 5) is 58.9. The summed E-state index contributed by atoms with van der Waals surface area (Å²) in [5.74, 6) is -3.79. The van der Waals surface area contributed by atoms with Crippen molar-refractivity contribution in [3.8, 4) is 11.5 Å². The first kappa shape index (κ1) is 26.6. The molecule has 2 rings (SSSR count). The molecule has 186 valence electrons. The molecule has 1 aromatic rings. The van der Waals surface area contributed by atoms with Crippen LogP contribution in [0.3, 0.4) is 0 Å². The van der Waals surface area contributed by atoms with Gasteiger partial charge in [-0.15, -0.1) is 0 Å². The number of carbonyl (C=O) groups excluding carboxylic acids is 5. The van der Waals surface area contributed by atoms with E-state index in [1.54, 1.807) is 0 Å². The SMILES string of the molecule is CC(=O)OC[C@H]1O[C@@H](Oc2cc(O)ccc2C(C)=O)[C@H](OC(C)=O)[C@@H](OC(C)=O)[C@@H]1OC(C)=O. The van der Waals surface area contributed by atoms with Crippen molar-refractivity contribution >= 4 is 29.7 Å². The van der Waals surface area contributed by atoms with Gasteiger partial charge in [-0.1, -0.05) is 0 Å². The molecule has 1 saturated heterocycles. The van der Waals surface area contributed by atoms with E-state index in [9.17, 15) is 29.1 Å². The lowest BCUT2D eigenvalue weighted by atomic mass is 9.98. The number of hydrogen-bond donors (Lipinski definition) is 1. The summed E-state index contributed by atoms with van der Waals surface area (Å²) in [5, 5.41) is 9.87. The maximum Gasteiger partial charge on any atom is 0.303 e. The molecule has 12 nitrogen and oxygen atoms in total. The fraction of sp³-hybridized carbons (Fsp3) is 0.500. The van der Waals surface area contributed by atoms with E-state index in [1.807, 2.05) is 0 Å². The molecule has 0 spiro atoms. The Morgan fingerprint density at radius 3 is 1.91 bits per heavy atom. The third-order valence-corrected chi connectivity index (χ3v) is 4.54. The van der Waals surface area contributed by atoms with Crippen LogP contribution in [-0.4, -0.2) is 72.1 Å². The Kier molecular flexibility index (Phi) is 8.96. The number of hydrogen-bond acceptors (Lipinski definition) is 12. The molecule has 1 aliphatic heterocycles. The van der Waals surface area contributed by atoms with Crippen molar-refractivity contribution in [2.24, 2.45) is 0 Å². The Hall–Kier alpha value is -3.67. The summed E-state index contributed by atoms with van der Waals surface area (Å²) >= 11 is 0. The summed E-state index contributed by atoms with van der Waals surface area (Å²) in [6.07, 6.45) is -6.99. The van der Waals surface area contributed by atoms with Gasteiger partial charge in [-0.05, 0) is 19.1 Å². The van der Waals surface area contributed by atoms with E-state index >= 15 is 0 Å². The average Bonchev–Trinajstić information content (AvgIpc) is 2.69. The van der Waals surface area contributed by atoms with E-state index in [1.165, 1.54) is 19.1 Å². The first-order valence-corrected chi connectivity index (χ1v) is 10.2. The van der Waals surface area contributed by atoms with Crippen LogP contribution in [0, 0.1) is 0 Å². The van der Waals surface area contributed by atoms with Crippen LogP contribution >= 0.6 is 0 Å². The van der Waals surface area contributed by atoms with Crippen molar-refractivity contribution in [3.05, 3.63) is 23.8 Å². The van der Waals surface area contributed by atoms with Crippen molar-refractivity contribution in [1.82, 2.24) is 0 Å². The maximum absolute atomic E-state index is 12.0. The molecule has 0 radical (unpaired) electrons. The number of esters is 4. The molecule has 0 bridgehead atoms. The van der Waals surface area contributed by atoms with Gasteiger partial charge in [-0.3, -0.25) is 24.0 Å². The Morgan fingerprint density at radius 2 is 1.38 bits per heavy atom. The number of ether oxygens (including phenoxy) is 6. The zero-order valence-corrected chi connectivity index (χ0v) is 19.3. The molecule has 0 aliphatic carbocycles. The first-order chi connectivity index (χ1) is 15.9. The van der Waals surface area contributed by atoms with Gasteiger partial charge in [-0.2, -0.15) is 0 Å². The normalized spacial score (nSPS) is 23.9. The molecule has 34 heavy (non-hydrogen) atoms. The summed E-state index contributed by atoms with van der Waals surface area (Å²) in [5.41, 5.74) is 0.0747. The highest BCUT2D eigenvalue weighted by molar-refractivity contribution is 5.97. The van der Waals surface area contributed by atoms with Gasteiger partial charge in [-0.25, -0.2) is 0 Å². The van der Waals surface area contributed by atoms with Gasteiger partial charge < -0.3 is 33.5 Å². The number of phenolic OH excluding ortho intramolecular Hbond substituents is 1. The molecule has 0 aromatic heterocycles. The molecule has 12 heteroatoms. The van der Waals surface area contributed by atoms with Gasteiger partial charge in [0.2, 0.25) is 12.4 Å². The topological polar surface area (TPSA) is 161 Å². The zero-order valence-electron chi connectivity index (χ0n) is 19.3. The number of aromatic hydroxyl groups is 1. The second-order valence-corrected chi connectivity index (χ2v) is 7.42. The zero-order chi connectivity index (χ0) is 25.6. The molecular formula is C22H26O12. The van der Waals surface area contributed by atoms with Crippen LogP contribution in [0.4, 0.5) is 0 Å². The monoisotopic (exact) mass is 482 g/mol. The van der Waals surface area contributed by atoms with Crippen molar-refractivity contribution < 1.29 is 57.5 Å². The van der Waals surface area contributed by atoms with Crippen LogP contribution in [0.5, 0.6) is 11.5 Å². The lowest BCUT2D eigenvalue weighted by molar-refractivity contribution is -0.288. The molecule has 1 fully saturated rings. The average molecular weight is 482 g/mol. The van der Waals surface area contributed by atoms with Crippen LogP contribution in [0.2, 0.25) is 0 Å². The van der Waals surface area contributed by atoms with E-state index < -0.39 is 67.0 Å². The van der Waals surface area contributed by atoms with Gasteiger partial charge >= 0.3 is 23.9 Å². The Morgan fingerprint density at radius 1 is 0.824 bits per heavy atom. The molecule has 1 heterocycles. The van der Waals surface area contributed by atoms with E-state index in [0.29, 0.717) is 0 Å². The minimum Gasteiger partial charge on any atom is -0.508 e. The molecule has 1 N–H and O–H groups in total. The van der Waals surface area contributed by atoms with Gasteiger partial charge in [0.05, 0.1) is 5.56 Å². The van der Waals surface area contributed by atoms with E-state index in [2.05, 4.69) is 0 Å². The highest BCUT2D eigenvalue weighted by atomic mass is 16.7. The van der Waals surface area contributed by atoms with Gasteiger partial charge in [0.15, 0.2) is 18.0 Å². The molecular weight excluding hydrogens is 456 g/mol. The predicted octanol–water partition coefficient (Wildman–Crippen LogP) is 1.06. The second-order valence-electron chi connectivity index (χ2n) is 7.42. The van der Waals surface area contributed by atoms with E-state index in [0.717, 1.165) is 33.8 Å². The third-order valence-electron chi connectivity index (χ3n) is 4.54. The Balaban J connectivity index is 2.55. The minimum absolute atomic E-state index is 0.0747. The highest BCUT2D eigenvalue weighted by Crippen LogP contribution is 2.33. The fourth-order valence-electron chi connectivity index (χ4n) is 3.31. The number of carbonyl (C=O) groups is 5. The molecule has 1 aliphatic rings. The first-order valence-electron chi connectivity index (χ1n) is 10.2. The number of phenols is 1.